The minimum atomic E-state index is -3.57. The van der Waals surface area contributed by atoms with Gasteiger partial charge in [-0.2, -0.15) is 4.31 Å². The maximum atomic E-state index is 12.7. The fraction of sp³-hybridized carbons (Fsp3) is 1.00. The van der Waals surface area contributed by atoms with Gasteiger partial charge < -0.3 is 5.73 Å². The second-order valence-electron chi connectivity index (χ2n) is 5.57. The van der Waals surface area contributed by atoms with Crippen molar-refractivity contribution in [1.29, 1.82) is 0 Å². The van der Waals surface area contributed by atoms with Gasteiger partial charge in [-0.05, 0) is 26.2 Å². The molecule has 0 aromatic heterocycles. The van der Waals surface area contributed by atoms with Gasteiger partial charge in [-0.25, -0.2) is 16.8 Å². The van der Waals surface area contributed by atoms with Crippen LogP contribution < -0.4 is 5.73 Å². The summed E-state index contributed by atoms with van der Waals surface area (Å²) in [5, 5.41) is -0.785. The predicted molar refractivity (Wildman–Crippen MR) is 74.0 cm³/mol. The molecule has 2 heterocycles. The Kier molecular flexibility index (Phi) is 4.25. The molecular formula is C11H22N2O4S2. The van der Waals surface area contributed by atoms with Crippen molar-refractivity contribution in [3.63, 3.8) is 0 Å². The van der Waals surface area contributed by atoms with Gasteiger partial charge in [-0.1, -0.05) is 6.42 Å². The van der Waals surface area contributed by atoms with E-state index in [9.17, 15) is 16.8 Å². The van der Waals surface area contributed by atoms with Crippen LogP contribution in [0.4, 0.5) is 0 Å². The minimum absolute atomic E-state index is 0.0214. The SMILES string of the molecule is CC1CCCC(CN)N1S(=O)(=O)C1CCS(=O)(=O)C1. The van der Waals surface area contributed by atoms with Crippen LogP contribution in [0, 0.1) is 0 Å². The summed E-state index contributed by atoms with van der Waals surface area (Å²) in [4.78, 5) is 0. The van der Waals surface area contributed by atoms with E-state index < -0.39 is 25.1 Å². The van der Waals surface area contributed by atoms with Crippen LogP contribution in [0.25, 0.3) is 0 Å². The molecule has 2 aliphatic heterocycles. The first-order chi connectivity index (χ1) is 8.78. The molecule has 0 spiro atoms. The third-order valence-corrected chi connectivity index (χ3v) is 8.60. The van der Waals surface area contributed by atoms with Gasteiger partial charge in [0, 0.05) is 18.6 Å². The summed E-state index contributed by atoms with van der Waals surface area (Å²) in [5.74, 6) is -0.262. The molecule has 0 amide bonds. The predicted octanol–water partition coefficient (Wildman–Crippen LogP) is -0.295. The zero-order valence-electron chi connectivity index (χ0n) is 11.2. The Morgan fingerprint density at radius 2 is 1.95 bits per heavy atom. The molecule has 2 rings (SSSR count). The molecule has 0 aliphatic carbocycles. The number of piperidine rings is 1. The van der Waals surface area contributed by atoms with E-state index in [-0.39, 0.29) is 30.0 Å². The van der Waals surface area contributed by atoms with Gasteiger partial charge in [0.25, 0.3) is 0 Å². The second-order valence-corrected chi connectivity index (χ2v) is 9.92. The quantitative estimate of drug-likeness (QED) is 0.772. The molecule has 6 nitrogen and oxygen atoms in total. The molecule has 0 bridgehead atoms. The molecule has 3 unspecified atom stereocenters. The fourth-order valence-electron chi connectivity index (χ4n) is 3.11. The van der Waals surface area contributed by atoms with Crippen LogP contribution >= 0.6 is 0 Å². The highest BCUT2D eigenvalue weighted by Crippen LogP contribution is 2.30. The van der Waals surface area contributed by atoms with E-state index in [4.69, 9.17) is 5.73 Å². The molecule has 2 fully saturated rings. The number of rotatable bonds is 3. The molecular weight excluding hydrogens is 288 g/mol. The third kappa shape index (κ3) is 2.96. The van der Waals surface area contributed by atoms with Crippen molar-refractivity contribution in [2.75, 3.05) is 18.1 Å². The van der Waals surface area contributed by atoms with Gasteiger partial charge >= 0.3 is 0 Å². The average molecular weight is 310 g/mol. The fourth-order valence-corrected chi connectivity index (χ4v) is 8.09. The Balaban J connectivity index is 2.27. The summed E-state index contributed by atoms with van der Waals surface area (Å²) in [6, 6.07) is -0.271. The lowest BCUT2D eigenvalue weighted by molar-refractivity contribution is 0.194. The Labute approximate surface area is 115 Å². The second kappa shape index (κ2) is 5.31. The molecule has 0 aromatic carbocycles. The third-order valence-electron chi connectivity index (χ3n) is 4.13. The van der Waals surface area contributed by atoms with Crippen LogP contribution in [-0.2, 0) is 19.9 Å². The zero-order valence-corrected chi connectivity index (χ0v) is 12.8. The molecule has 0 aromatic rings. The van der Waals surface area contributed by atoms with E-state index in [0.717, 1.165) is 19.3 Å². The summed E-state index contributed by atoms with van der Waals surface area (Å²) in [5.41, 5.74) is 5.68. The lowest BCUT2D eigenvalue weighted by Crippen LogP contribution is -2.54. The van der Waals surface area contributed by atoms with E-state index in [1.165, 1.54) is 4.31 Å². The molecule has 2 N–H and O–H groups in total. The van der Waals surface area contributed by atoms with Crippen LogP contribution in [0.5, 0.6) is 0 Å². The highest BCUT2D eigenvalue weighted by molar-refractivity contribution is 7.95. The van der Waals surface area contributed by atoms with E-state index >= 15 is 0 Å². The summed E-state index contributed by atoms with van der Waals surface area (Å²) in [6.45, 7) is 2.17. The first-order valence-corrected chi connectivity index (χ1v) is 10.0. The molecule has 0 radical (unpaired) electrons. The highest BCUT2D eigenvalue weighted by atomic mass is 32.2. The van der Waals surface area contributed by atoms with Gasteiger partial charge in [0.15, 0.2) is 9.84 Å². The van der Waals surface area contributed by atoms with Gasteiger partial charge in [0.05, 0.1) is 16.8 Å². The molecule has 3 atom stereocenters. The van der Waals surface area contributed by atoms with E-state index in [1.54, 1.807) is 0 Å². The maximum absolute atomic E-state index is 12.7. The summed E-state index contributed by atoms with van der Waals surface area (Å²) in [7, 11) is -6.77. The first-order valence-electron chi connectivity index (χ1n) is 6.71. The van der Waals surface area contributed by atoms with Gasteiger partial charge in [-0.3, -0.25) is 0 Å². The van der Waals surface area contributed by atoms with Crippen molar-refractivity contribution >= 4 is 19.9 Å². The molecule has 112 valence electrons. The van der Waals surface area contributed by atoms with Crippen LogP contribution in [0.2, 0.25) is 0 Å². The normalized spacial score (nSPS) is 36.4. The monoisotopic (exact) mass is 310 g/mol. The summed E-state index contributed by atoms with van der Waals surface area (Å²) < 4.78 is 49.8. The number of sulfone groups is 1. The average Bonchev–Trinajstić information content (AvgIpc) is 2.69. The van der Waals surface area contributed by atoms with Crippen LogP contribution in [-0.4, -0.2) is 56.5 Å². The van der Waals surface area contributed by atoms with Gasteiger partial charge in [-0.15, -0.1) is 0 Å². The van der Waals surface area contributed by atoms with Crippen molar-refractivity contribution in [2.45, 2.75) is 49.9 Å². The molecule has 19 heavy (non-hydrogen) atoms. The van der Waals surface area contributed by atoms with Crippen molar-refractivity contribution in [2.24, 2.45) is 5.73 Å². The molecule has 2 aliphatic rings. The maximum Gasteiger partial charge on any atom is 0.218 e. The Bertz CT molecular complexity index is 529. The lowest BCUT2D eigenvalue weighted by Gasteiger charge is -2.40. The van der Waals surface area contributed by atoms with Crippen LogP contribution in [0.3, 0.4) is 0 Å². The summed E-state index contributed by atoms with van der Waals surface area (Å²) >= 11 is 0. The standard InChI is InChI=1S/C11H22N2O4S2/c1-9-3-2-4-10(7-12)13(9)19(16,17)11-5-6-18(14,15)8-11/h9-11H,2-8,12H2,1H3. The van der Waals surface area contributed by atoms with E-state index in [0.29, 0.717) is 6.54 Å². The van der Waals surface area contributed by atoms with E-state index in [2.05, 4.69) is 0 Å². The number of sulfonamides is 1. The van der Waals surface area contributed by atoms with E-state index in [1.807, 2.05) is 6.92 Å². The topological polar surface area (TPSA) is 97.5 Å². The molecule has 2 saturated heterocycles. The van der Waals surface area contributed by atoms with Gasteiger partial charge in [0.1, 0.15) is 0 Å². The van der Waals surface area contributed by atoms with Crippen molar-refractivity contribution in [3.8, 4) is 0 Å². The Morgan fingerprint density at radius 3 is 2.47 bits per heavy atom. The molecule has 8 heteroatoms. The number of nitrogens with zero attached hydrogens (tertiary/aromatic N) is 1. The zero-order chi connectivity index (χ0) is 14.3. The summed E-state index contributed by atoms with van der Waals surface area (Å²) in [6.07, 6.45) is 2.76. The number of nitrogens with two attached hydrogens (primary N) is 1. The van der Waals surface area contributed by atoms with Crippen molar-refractivity contribution in [3.05, 3.63) is 0 Å². The van der Waals surface area contributed by atoms with Gasteiger partial charge in [0.2, 0.25) is 10.0 Å². The smallest absolute Gasteiger partial charge is 0.218 e. The Morgan fingerprint density at radius 1 is 1.26 bits per heavy atom. The Hall–Kier alpha value is -0.180. The lowest BCUT2D eigenvalue weighted by atomic mass is 10.00. The number of hydrogen-bond acceptors (Lipinski definition) is 5. The van der Waals surface area contributed by atoms with Crippen LogP contribution in [0.1, 0.15) is 32.6 Å². The minimum Gasteiger partial charge on any atom is -0.329 e. The number of hydrogen-bond donors (Lipinski definition) is 1. The van der Waals surface area contributed by atoms with Crippen molar-refractivity contribution < 1.29 is 16.8 Å². The van der Waals surface area contributed by atoms with Crippen molar-refractivity contribution in [1.82, 2.24) is 4.31 Å². The first kappa shape index (κ1) is 15.2. The largest absolute Gasteiger partial charge is 0.329 e. The molecule has 0 saturated carbocycles. The van der Waals surface area contributed by atoms with Crippen LogP contribution in [0.15, 0.2) is 0 Å². The highest BCUT2D eigenvalue weighted by Gasteiger charge is 2.45.